The third-order valence-corrected chi connectivity index (χ3v) is 7.00. The van der Waals surface area contributed by atoms with E-state index in [0.29, 0.717) is 28.5 Å². The SMILES string of the molecule is Cc1ccc(CNC(=O)c2ncc3nc(N4CCN(C5CC5)[C@@H](CO)C4)ccc3c2O)c(Cl)c1. The van der Waals surface area contributed by atoms with E-state index in [1.807, 2.05) is 31.2 Å². The summed E-state index contributed by atoms with van der Waals surface area (Å²) >= 11 is 6.25. The Labute approximate surface area is 203 Å². The van der Waals surface area contributed by atoms with Crippen molar-refractivity contribution in [2.24, 2.45) is 0 Å². The third-order valence-electron chi connectivity index (χ3n) is 6.65. The number of rotatable bonds is 6. The van der Waals surface area contributed by atoms with Crippen molar-refractivity contribution in [3.63, 3.8) is 0 Å². The lowest BCUT2D eigenvalue weighted by molar-refractivity contribution is 0.0943. The summed E-state index contributed by atoms with van der Waals surface area (Å²) < 4.78 is 0. The molecule has 3 heterocycles. The van der Waals surface area contributed by atoms with Crippen molar-refractivity contribution >= 4 is 34.2 Å². The first-order valence-electron chi connectivity index (χ1n) is 11.6. The molecule has 1 atom stereocenters. The molecule has 3 aromatic rings. The maximum absolute atomic E-state index is 12.7. The molecule has 34 heavy (non-hydrogen) atoms. The molecule has 5 rings (SSSR count). The summed E-state index contributed by atoms with van der Waals surface area (Å²) in [6, 6.07) is 9.95. The number of hydrogen-bond acceptors (Lipinski definition) is 7. The zero-order valence-electron chi connectivity index (χ0n) is 19.0. The van der Waals surface area contributed by atoms with Crippen molar-refractivity contribution in [3.8, 4) is 5.75 Å². The van der Waals surface area contributed by atoms with E-state index in [9.17, 15) is 15.0 Å². The third kappa shape index (κ3) is 4.53. The normalized spacial score (nSPS) is 18.9. The van der Waals surface area contributed by atoms with Gasteiger partial charge in [0.2, 0.25) is 0 Å². The van der Waals surface area contributed by atoms with Crippen LogP contribution < -0.4 is 10.2 Å². The van der Waals surface area contributed by atoms with Crippen molar-refractivity contribution in [3.05, 3.63) is 58.4 Å². The number of nitrogens with one attached hydrogen (secondary N) is 1. The summed E-state index contributed by atoms with van der Waals surface area (Å²) in [4.78, 5) is 26.1. The number of carbonyl (C=O) groups excluding carboxylic acids is 1. The minimum absolute atomic E-state index is 0.0522. The van der Waals surface area contributed by atoms with Crippen molar-refractivity contribution in [1.82, 2.24) is 20.2 Å². The van der Waals surface area contributed by atoms with Gasteiger partial charge in [-0.05, 0) is 49.1 Å². The Balaban J connectivity index is 1.31. The second kappa shape index (κ2) is 9.37. The van der Waals surface area contributed by atoms with Gasteiger partial charge in [-0.3, -0.25) is 9.69 Å². The first-order chi connectivity index (χ1) is 16.4. The molecule has 0 spiro atoms. The Morgan fingerprint density at radius 2 is 2.06 bits per heavy atom. The number of aromatic nitrogens is 2. The molecule has 1 aliphatic carbocycles. The van der Waals surface area contributed by atoms with Gasteiger partial charge in [0.25, 0.3) is 5.91 Å². The Morgan fingerprint density at radius 1 is 1.24 bits per heavy atom. The number of anilines is 1. The summed E-state index contributed by atoms with van der Waals surface area (Å²) in [6.45, 7) is 4.72. The van der Waals surface area contributed by atoms with Crippen LogP contribution in [0.15, 0.2) is 36.5 Å². The van der Waals surface area contributed by atoms with Gasteiger partial charge >= 0.3 is 0 Å². The fraction of sp³-hybridized carbons (Fsp3) is 0.400. The van der Waals surface area contributed by atoms with Crippen LogP contribution in [-0.4, -0.2) is 69.3 Å². The first kappa shape index (κ1) is 22.8. The number of carbonyl (C=O) groups is 1. The highest BCUT2D eigenvalue weighted by Crippen LogP contribution is 2.32. The maximum Gasteiger partial charge on any atom is 0.274 e. The van der Waals surface area contributed by atoms with Gasteiger partial charge in [-0.15, -0.1) is 0 Å². The van der Waals surface area contributed by atoms with Crippen LogP contribution in [-0.2, 0) is 6.54 Å². The number of aromatic hydroxyl groups is 1. The molecule has 1 aromatic carbocycles. The molecule has 2 aliphatic rings. The minimum Gasteiger partial charge on any atom is -0.505 e. The van der Waals surface area contributed by atoms with Crippen molar-refractivity contribution < 1.29 is 15.0 Å². The molecule has 8 nitrogen and oxygen atoms in total. The van der Waals surface area contributed by atoms with Gasteiger partial charge in [0.05, 0.1) is 24.4 Å². The largest absolute Gasteiger partial charge is 0.505 e. The van der Waals surface area contributed by atoms with Crippen LogP contribution in [0, 0.1) is 6.92 Å². The van der Waals surface area contributed by atoms with Crippen LogP contribution in [0.1, 0.15) is 34.5 Å². The highest BCUT2D eigenvalue weighted by molar-refractivity contribution is 6.31. The van der Waals surface area contributed by atoms with Gasteiger partial charge in [-0.2, -0.15) is 0 Å². The number of piperazine rings is 1. The van der Waals surface area contributed by atoms with E-state index >= 15 is 0 Å². The van der Waals surface area contributed by atoms with Crippen molar-refractivity contribution in [2.45, 2.75) is 38.4 Å². The molecular weight excluding hydrogens is 454 g/mol. The lowest BCUT2D eigenvalue weighted by Crippen LogP contribution is -2.55. The predicted octanol–water partition coefficient (Wildman–Crippen LogP) is 2.87. The van der Waals surface area contributed by atoms with Crippen LogP contribution in [0.3, 0.4) is 0 Å². The summed E-state index contributed by atoms with van der Waals surface area (Å²) in [7, 11) is 0. The maximum atomic E-state index is 12.7. The fourth-order valence-corrected chi connectivity index (χ4v) is 4.90. The topological polar surface area (TPSA) is 102 Å². The smallest absolute Gasteiger partial charge is 0.274 e. The molecule has 0 unspecified atom stereocenters. The second-order valence-electron chi connectivity index (χ2n) is 9.09. The highest BCUT2D eigenvalue weighted by atomic mass is 35.5. The number of aliphatic hydroxyl groups excluding tert-OH is 1. The number of nitrogens with zero attached hydrogens (tertiary/aromatic N) is 4. The summed E-state index contributed by atoms with van der Waals surface area (Å²) in [5.74, 6) is 0.0896. The molecule has 2 fully saturated rings. The standard InChI is InChI=1S/C25H28ClN5O3/c1-15-2-3-16(20(26)10-15)11-28-25(34)23-24(33)19-6-7-22(29-21(19)12-27-23)30-8-9-31(17-4-5-17)18(13-30)14-32/h2-3,6-7,10,12,17-18,32-33H,4-5,8-9,11,13-14H2,1H3,(H,28,34)/t18-/m1/s1. The lowest BCUT2D eigenvalue weighted by Gasteiger charge is -2.41. The monoisotopic (exact) mass is 481 g/mol. The molecule has 1 amide bonds. The number of pyridine rings is 2. The zero-order chi connectivity index (χ0) is 23.8. The van der Waals surface area contributed by atoms with E-state index in [1.165, 1.54) is 19.0 Å². The predicted molar refractivity (Wildman–Crippen MR) is 131 cm³/mol. The summed E-state index contributed by atoms with van der Waals surface area (Å²) in [5, 5.41) is 24.4. The van der Waals surface area contributed by atoms with E-state index in [-0.39, 0.29) is 30.6 Å². The molecule has 3 N–H and O–H groups in total. The van der Waals surface area contributed by atoms with E-state index in [4.69, 9.17) is 11.6 Å². The molecule has 0 bridgehead atoms. The number of hydrogen-bond donors (Lipinski definition) is 3. The van der Waals surface area contributed by atoms with Crippen LogP contribution in [0.5, 0.6) is 5.75 Å². The van der Waals surface area contributed by atoms with Gasteiger partial charge in [0.1, 0.15) is 5.82 Å². The van der Waals surface area contributed by atoms with Crippen LogP contribution >= 0.6 is 11.6 Å². The Kier molecular flexibility index (Phi) is 6.29. The highest BCUT2D eigenvalue weighted by Gasteiger charge is 2.37. The fourth-order valence-electron chi connectivity index (χ4n) is 4.60. The molecule has 1 saturated carbocycles. The second-order valence-corrected chi connectivity index (χ2v) is 9.49. The Bertz CT molecular complexity index is 1230. The number of aryl methyl sites for hydroxylation is 1. The van der Waals surface area contributed by atoms with Gasteiger partial charge in [0.15, 0.2) is 11.4 Å². The van der Waals surface area contributed by atoms with Gasteiger partial charge in [0, 0.05) is 42.6 Å². The van der Waals surface area contributed by atoms with E-state index in [1.54, 1.807) is 6.07 Å². The molecule has 1 saturated heterocycles. The van der Waals surface area contributed by atoms with Gasteiger partial charge in [-0.25, -0.2) is 9.97 Å². The molecule has 9 heteroatoms. The number of aliphatic hydroxyl groups is 1. The lowest BCUT2D eigenvalue weighted by atomic mass is 10.1. The molecule has 2 aromatic heterocycles. The molecule has 0 radical (unpaired) electrons. The van der Waals surface area contributed by atoms with Crippen LogP contribution in [0.2, 0.25) is 5.02 Å². The van der Waals surface area contributed by atoms with E-state index < -0.39 is 5.91 Å². The van der Waals surface area contributed by atoms with Crippen molar-refractivity contribution in [1.29, 1.82) is 0 Å². The van der Waals surface area contributed by atoms with Gasteiger partial charge in [-0.1, -0.05) is 23.7 Å². The van der Waals surface area contributed by atoms with Gasteiger partial charge < -0.3 is 20.4 Å². The molecular formula is C25H28ClN5O3. The number of halogens is 1. The average molecular weight is 482 g/mol. The first-order valence-corrected chi connectivity index (χ1v) is 12.0. The average Bonchev–Trinajstić information content (AvgIpc) is 3.68. The molecule has 1 aliphatic heterocycles. The minimum atomic E-state index is -0.484. The van der Waals surface area contributed by atoms with Crippen molar-refractivity contribution in [2.75, 3.05) is 31.1 Å². The van der Waals surface area contributed by atoms with E-state index in [0.717, 1.165) is 30.0 Å². The molecule has 178 valence electrons. The summed E-state index contributed by atoms with van der Waals surface area (Å²) in [5.41, 5.74) is 2.29. The Morgan fingerprint density at radius 3 is 2.79 bits per heavy atom. The van der Waals surface area contributed by atoms with E-state index in [2.05, 4.69) is 25.1 Å². The number of benzene rings is 1. The number of fused-ring (bicyclic) bond motifs is 1. The zero-order valence-corrected chi connectivity index (χ0v) is 19.8. The summed E-state index contributed by atoms with van der Waals surface area (Å²) in [6.07, 6.45) is 3.93. The van der Waals surface area contributed by atoms with Crippen LogP contribution in [0.4, 0.5) is 5.82 Å². The quantitative estimate of drug-likeness (QED) is 0.497. The Hall–Kier alpha value is -2.94. The van der Waals surface area contributed by atoms with Crippen LogP contribution in [0.25, 0.3) is 10.9 Å². The number of amides is 1.